The largest absolute Gasteiger partial charge is 0.474 e. The lowest BCUT2D eigenvalue weighted by atomic mass is 9.97. The molecule has 0 aromatic heterocycles. The first-order valence-electron chi connectivity index (χ1n) is 9.53. The monoisotopic (exact) mass is 451 g/mol. The van der Waals surface area contributed by atoms with Gasteiger partial charge < -0.3 is 20.3 Å². The fraction of sp³-hybridized carbons (Fsp3) is 0.318. The van der Waals surface area contributed by atoms with Gasteiger partial charge in [-0.05, 0) is 49.6 Å². The second-order valence-corrected chi connectivity index (χ2v) is 7.67. The predicted octanol–water partition coefficient (Wildman–Crippen LogP) is 2.96. The maximum Gasteiger partial charge on any atom is 0.394 e. The molecule has 3 N–H and O–H groups in total. The summed E-state index contributed by atoms with van der Waals surface area (Å²) in [4.78, 5) is 34.4. The minimum absolute atomic E-state index is 0.133. The van der Waals surface area contributed by atoms with Crippen LogP contribution in [0.3, 0.4) is 0 Å². The molecule has 0 saturated carbocycles. The molecule has 0 unspecified atom stereocenters. The Morgan fingerprint density at radius 2 is 1.77 bits per heavy atom. The highest BCUT2D eigenvalue weighted by Crippen LogP contribution is 2.26. The molecule has 0 aliphatic heterocycles. The number of carboxylic acids is 1. The first-order valence-corrected chi connectivity index (χ1v) is 9.91. The number of carboxylic acid groups (broad SMARTS) is 1. The predicted molar refractivity (Wildman–Crippen MR) is 112 cm³/mol. The highest BCUT2D eigenvalue weighted by molar-refractivity contribution is 6.31. The molecule has 0 saturated heterocycles. The van der Waals surface area contributed by atoms with Crippen LogP contribution in [-0.4, -0.2) is 46.3 Å². The first-order chi connectivity index (χ1) is 14.6. The van der Waals surface area contributed by atoms with Gasteiger partial charge in [0.1, 0.15) is 5.82 Å². The van der Waals surface area contributed by atoms with Gasteiger partial charge in [-0.1, -0.05) is 35.9 Å². The Balaban J connectivity index is 2.16. The number of aliphatic carboxylic acids is 1. The molecule has 9 heteroatoms. The SMILES string of the molecule is CC(C)OC(=O)[C@H](O)C[C@@H](Cc1ccc(-c2ccc(Cl)cc2F)cc1)NC(=O)C(=O)O. The van der Waals surface area contributed by atoms with E-state index in [-0.39, 0.29) is 17.9 Å². The number of halogens is 2. The van der Waals surface area contributed by atoms with Crippen molar-refractivity contribution >= 4 is 29.4 Å². The van der Waals surface area contributed by atoms with Crippen molar-refractivity contribution < 1.29 is 33.7 Å². The third-order valence-corrected chi connectivity index (χ3v) is 4.57. The molecular weight excluding hydrogens is 429 g/mol. The minimum atomic E-state index is -1.68. The van der Waals surface area contributed by atoms with E-state index in [0.29, 0.717) is 16.7 Å². The van der Waals surface area contributed by atoms with E-state index in [0.717, 1.165) is 0 Å². The van der Waals surface area contributed by atoms with Crippen LogP contribution in [0, 0.1) is 5.82 Å². The molecule has 0 heterocycles. The topological polar surface area (TPSA) is 113 Å². The molecule has 0 bridgehead atoms. The van der Waals surface area contributed by atoms with Crippen LogP contribution in [-0.2, 0) is 25.5 Å². The molecule has 31 heavy (non-hydrogen) atoms. The molecule has 166 valence electrons. The third-order valence-electron chi connectivity index (χ3n) is 4.34. The van der Waals surface area contributed by atoms with E-state index in [1.165, 1.54) is 6.07 Å². The van der Waals surface area contributed by atoms with E-state index in [1.54, 1.807) is 50.2 Å². The quantitative estimate of drug-likeness (QED) is 0.420. The zero-order valence-corrected chi connectivity index (χ0v) is 17.7. The van der Waals surface area contributed by atoms with Crippen molar-refractivity contribution in [2.75, 3.05) is 0 Å². The van der Waals surface area contributed by atoms with E-state index in [4.69, 9.17) is 21.4 Å². The van der Waals surface area contributed by atoms with Gasteiger partial charge in [0.05, 0.1) is 6.10 Å². The van der Waals surface area contributed by atoms with Crippen LogP contribution in [0.4, 0.5) is 4.39 Å². The fourth-order valence-electron chi connectivity index (χ4n) is 2.95. The number of ether oxygens (including phenoxy) is 1. The first kappa shape index (κ1) is 24.3. The lowest BCUT2D eigenvalue weighted by Crippen LogP contribution is -2.43. The number of carbonyl (C=O) groups excluding carboxylic acids is 2. The van der Waals surface area contributed by atoms with E-state index < -0.39 is 41.9 Å². The van der Waals surface area contributed by atoms with Crippen LogP contribution >= 0.6 is 11.6 Å². The van der Waals surface area contributed by atoms with E-state index in [1.807, 2.05) is 0 Å². The molecule has 7 nitrogen and oxygen atoms in total. The standard InChI is InChI=1S/C22H23ClFNO6/c1-12(2)31-22(30)19(26)11-16(25-20(27)21(28)29)9-13-3-5-14(6-4-13)17-8-7-15(23)10-18(17)24/h3-8,10,12,16,19,26H,9,11H2,1-2H3,(H,25,27)(H,28,29)/t16-,19-/m1/s1. The molecule has 2 rings (SSSR count). The maximum absolute atomic E-state index is 14.1. The summed E-state index contributed by atoms with van der Waals surface area (Å²) in [5, 5.41) is 21.5. The van der Waals surface area contributed by atoms with Crippen LogP contribution in [0.2, 0.25) is 5.02 Å². The lowest BCUT2D eigenvalue weighted by molar-refractivity contribution is -0.158. The Morgan fingerprint density at radius 3 is 2.32 bits per heavy atom. The number of benzene rings is 2. The average Bonchev–Trinajstić information content (AvgIpc) is 2.68. The van der Waals surface area contributed by atoms with Gasteiger partial charge in [0, 0.05) is 23.0 Å². The summed E-state index contributed by atoms with van der Waals surface area (Å²) < 4.78 is 19.1. The fourth-order valence-corrected chi connectivity index (χ4v) is 3.10. The Morgan fingerprint density at radius 1 is 1.13 bits per heavy atom. The summed E-state index contributed by atoms with van der Waals surface area (Å²) in [5.41, 5.74) is 1.64. The summed E-state index contributed by atoms with van der Waals surface area (Å²) in [6, 6.07) is 10.2. The second-order valence-electron chi connectivity index (χ2n) is 7.24. The van der Waals surface area contributed by atoms with E-state index in [2.05, 4.69) is 5.32 Å². The van der Waals surface area contributed by atoms with Crippen molar-refractivity contribution in [3.05, 3.63) is 58.9 Å². The number of nitrogens with one attached hydrogen (secondary N) is 1. The molecule has 0 aliphatic rings. The van der Waals surface area contributed by atoms with Crippen molar-refractivity contribution in [2.24, 2.45) is 0 Å². The van der Waals surface area contributed by atoms with Crippen molar-refractivity contribution in [1.82, 2.24) is 5.32 Å². The Labute approximate surface area is 183 Å². The number of aliphatic hydroxyl groups excluding tert-OH is 1. The summed E-state index contributed by atoms with van der Waals surface area (Å²) in [5.74, 6) is -4.27. The third kappa shape index (κ3) is 7.34. The van der Waals surface area contributed by atoms with Gasteiger partial charge >= 0.3 is 17.8 Å². The van der Waals surface area contributed by atoms with Crippen LogP contribution in [0.25, 0.3) is 11.1 Å². The average molecular weight is 452 g/mol. The maximum atomic E-state index is 14.1. The molecule has 0 spiro atoms. The Hall–Kier alpha value is -2.97. The molecule has 1 amide bonds. The van der Waals surface area contributed by atoms with Gasteiger partial charge in [-0.25, -0.2) is 14.0 Å². The van der Waals surface area contributed by atoms with Crippen molar-refractivity contribution in [3.8, 4) is 11.1 Å². The highest BCUT2D eigenvalue weighted by Gasteiger charge is 2.26. The normalized spacial score (nSPS) is 12.8. The van der Waals surface area contributed by atoms with Crippen molar-refractivity contribution in [3.63, 3.8) is 0 Å². The van der Waals surface area contributed by atoms with Gasteiger partial charge in [0.15, 0.2) is 6.10 Å². The number of rotatable bonds is 8. The molecule has 0 fully saturated rings. The number of carbonyl (C=O) groups is 3. The molecule has 2 aromatic rings. The number of aliphatic hydroxyl groups is 1. The molecule has 0 radical (unpaired) electrons. The Bertz CT molecular complexity index is 948. The van der Waals surface area contributed by atoms with Gasteiger partial charge in [0.25, 0.3) is 0 Å². The van der Waals surface area contributed by atoms with E-state index in [9.17, 15) is 23.9 Å². The van der Waals surface area contributed by atoms with Crippen LogP contribution in [0.15, 0.2) is 42.5 Å². The summed E-state index contributed by atoms with van der Waals surface area (Å²) in [6.45, 7) is 3.25. The molecule has 2 atom stereocenters. The highest BCUT2D eigenvalue weighted by atomic mass is 35.5. The molecule has 2 aromatic carbocycles. The minimum Gasteiger partial charge on any atom is -0.474 e. The Kier molecular flexibility index (Phi) is 8.53. The van der Waals surface area contributed by atoms with Crippen LogP contribution in [0.5, 0.6) is 0 Å². The smallest absolute Gasteiger partial charge is 0.394 e. The zero-order valence-electron chi connectivity index (χ0n) is 17.0. The van der Waals surface area contributed by atoms with Gasteiger partial charge in [-0.3, -0.25) is 4.79 Å². The summed E-state index contributed by atoms with van der Waals surface area (Å²) in [7, 11) is 0. The second kappa shape index (κ2) is 10.9. The number of amides is 1. The number of hydrogen-bond donors (Lipinski definition) is 3. The van der Waals surface area contributed by atoms with Crippen LogP contribution < -0.4 is 5.32 Å². The number of esters is 1. The van der Waals surface area contributed by atoms with Gasteiger partial charge in [-0.15, -0.1) is 0 Å². The zero-order chi connectivity index (χ0) is 23.1. The molecular formula is C22H23ClFNO6. The van der Waals surface area contributed by atoms with Crippen LogP contribution in [0.1, 0.15) is 25.8 Å². The number of hydrogen-bond acceptors (Lipinski definition) is 5. The van der Waals surface area contributed by atoms with Crippen molar-refractivity contribution in [1.29, 1.82) is 0 Å². The van der Waals surface area contributed by atoms with E-state index >= 15 is 0 Å². The molecule has 0 aliphatic carbocycles. The van der Waals surface area contributed by atoms with Crippen molar-refractivity contribution in [2.45, 2.75) is 44.9 Å². The van der Waals surface area contributed by atoms with Gasteiger partial charge in [0.2, 0.25) is 0 Å². The summed E-state index contributed by atoms with van der Waals surface area (Å²) in [6.07, 6.45) is -2.08. The lowest BCUT2D eigenvalue weighted by Gasteiger charge is -2.21. The summed E-state index contributed by atoms with van der Waals surface area (Å²) >= 11 is 5.77. The van der Waals surface area contributed by atoms with Gasteiger partial charge in [-0.2, -0.15) is 0 Å².